The fraction of sp³-hybridized carbons (Fsp3) is 0.278. The van der Waals surface area contributed by atoms with Crippen molar-refractivity contribution in [1.82, 2.24) is 10.2 Å². The molecule has 24 heavy (non-hydrogen) atoms. The van der Waals surface area contributed by atoms with E-state index in [9.17, 15) is 4.39 Å². The summed E-state index contributed by atoms with van der Waals surface area (Å²) in [5, 5.41) is 12.4. The molecule has 0 heterocycles. The fourth-order valence-corrected chi connectivity index (χ4v) is 2.79. The van der Waals surface area contributed by atoms with Crippen LogP contribution < -0.4 is 5.32 Å². The minimum absolute atomic E-state index is 0.297. The number of nitrogens with zero attached hydrogens (tertiary/aromatic N) is 2. The largest absolute Gasteiger partial charge is 0.392 e. The van der Waals surface area contributed by atoms with Gasteiger partial charge in [0.15, 0.2) is 5.96 Å². The maximum atomic E-state index is 13.4. The van der Waals surface area contributed by atoms with Gasteiger partial charge in [0, 0.05) is 37.2 Å². The molecule has 0 aliphatic rings. The molecule has 0 aliphatic carbocycles. The van der Waals surface area contributed by atoms with Crippen LogP contribution in [0.5, 0.6) is 0 Å². The molecule has 0 saturated heterocycles. The van der Waals surface area contributed by atoms with Gasteiger partial charge in [-0.25, -0.2) is 4.39 Å². The van der Waals surface area contributed by atoms with E-state index in [1.807, 2.05) is 30.1 Å². The summed E-state index contributed by atoms with van der Waals surface area (Å²) in [6.45, 7) is 0.892. The molecule has 2 rings (SSSR count). The Morgan fingerprint density at radius 2 is 2.00 bits per heavy atom. The fourth-order valence-electron chi connectivity index (χ4n) is 2.38. The first-order valence-electron chi connectivity index (χ1n) is 7.58. The number of aliphatic hydroxyl groups is 1. The molecule has 0 unspecified atom stereocenters. The van der Waals surface area contributed by atoms with Crippen LogP contribution in [0.4, 0.5) is 4.39 Å². The third-order valence-electron chi connectivity index (χ3n) is 3.67. The number of rotatable bonds is 5. The van der Waals surface area contributed by atoms with Gasteiger partial charge < -0.3 is 15.3 Å². The molecular weight excluding hydrogens is 373 g/mol. The molecule has 4 nitrogen and oxygen atoms in total. The Morgan fingerprint density at radius 3 is 2.67 bits per heavy atom. The zero-order chi connectivity index (χ0) is 17.5. The summed E-state index contributed by atoms with van der Waals surface area (Å²) in [4.78, 5) is 6.29. The second kappa shape index (κ2) is 8.80. The number of benzene rings is 2. The van der Waals surface area contributed by atoms with E-state index >= 15 is 0 Å². The molecule has 0 radical (unpaired) electrons. The van der Waals surface area contributed by atoms with Gasteiger partial charge in [-0.05, 0) is 29.3 Å². The number of nitrogens with one attached hydrogen (secondary N) is 1. The number of guanidine groups is 1. The van der Waals surface area contributed by atoms with Crippen molar-refractivity contribution in [1.29, 1.82) is 0 Å². The van der Waals surface area contributed by atoms with E-state index in [4.69, 9.17) is 5.11 Å². The lowest BCUT2D eigenvalue weighted by molar-refractivity contribution is 0.275. The smallest absolute Gasteiger partial charge is 0.193 e. The first-order chi connectivity index (χ1) is 11.5. The average Bonchev–Trinajstić information content (AvgIpc) is 2.58. The molecule has 0 atom stereocenters. The number of hydrogen-bond acceptors (Lipinski definition) is 2. The van der Waals surface area contributed by atoms with Crippen molar-refractivity contribution in [3.05, 3.63) is 69.4 Å². The van der Waals surface area contributed by atoms with Gasteiger partial charge in [-0.3, -0.25) is 4.99 Å². The monoisotopic (exact) mass is 393 g/mol. The van der Waals surface area contributed by atoms with Crippen LogP contribution >= 0.6 is 15.9 Å². The van der Waals surface area contributed by atoms with Crippen LogP contribution in [0.15, 0.2) is 51.9 Å². The van der Waals surface area contributed by atoms with Gasteiger partial charge >= 0.3 is 0 Å². The van der Waals surface area contributed by atoms with E-state index in [1.165, 1.54) is 6.07 Å². The summed E-state index contributed by atoms with van der Waals surface area (Å²) in [5.41, 5.74) is 2.34. The topological polar surface area (TPSA) is 47.9 Å². The molecule has 0 aliphatic heterocycles. The molecule has 0 amide bonds. The van der Waals surface area contributed by atoms with Crippen LogP contribution in [-0.2, 0) is 19.7 Å². The zero-order valence-corrected chi connectivity index (χ0v) is 15.3. The third-order valence-corrected chi connectivity index (χ3v) is 4.44. The number of hydrogen-bond donors (Lipinski definition) is 2. The van der Waals surface area contributed by atoms with Crippen molar-refractivity contribution in [3.63, 3.8) is 0 Å². The van der Waals surface area contributed by atoms with E-state index in [0.717, 1.165) is 21.6 Å². The van der Waals surface area contributed by atoms with Crippen LogP contribution in [0, 0.1) is 5.82 Å². The lowest BCUT2D eigenvalue weighted by atomic mass is 10.1. The zero-order valence-electron chi connectivity index (χ0n) is 13.8. The predicted molar refractivity (Wildman–Crippen MR) is 98.1 cm³/mol. The minimum Gasteiger partial charge on any atom is -0.392 e. The molecular formula is C18H21BrFN3O. The Hall–Kier alpha value is -1.92. The van der Waals surface area contributed by atoms with Crippen LogP contribution in [-0.4, -0.2) is 30.1 Å². The molecule has 0 fully saturated rings. The van der Waals surface area contributed by atoms with Crippen molar-refractivity contribution < 1.29 is 9.50 Å². The molecule has 0 aromatic heterocycles. The summed E-state index contributed by atoms with van der Waals surface area (Å²) in [6, 6.07) is 12.8. The molecule has 6 heteroatoms. The molecule has 0 spiro atoms. The predicted octanol–water partition coefficient (Wildman–Crippen LogP) is 3.29. The van der Waals surface area contributed by atoms with Gasteiger partial charge in [-0.1, -0.05) is 40.2 Å². The van der Waals surface area contributed by atoms with E-state index in [0.29, 0.717) is 18.7 Å². The maximum absolute atomic E-state index is 13.4. The highest BCUT2D eigenvalue weighted by Crippen LogP contribution is 2.17. The molecule has 0 saturated carbocycles. The van der Waals surface area contributed by atoms with E-state index in [2.05, 4.69) is 32.3 Å². The van der Waals surface area contributed by atoms with Gasteiger partial charge in [-0.2, -0.15) is 0 Å². The van der Waals surface area contributed by atoms with E-state index in [1.54, 1.807) is 19.2 Å². The second-order valence-corrected chi connectivity index (χ2v) is 6.29. The highest BCUT2D eigenvalue weighted by Gasteiger charge is 2.09. The lowest BCUT2D eigenvalue weighted by Crippen LogP contribution is -2.38. The Morgan fingerprint density at radius 1 is 1.25 bits per heavy atom. The maximum Gasteiger partial charge on any atom is 0.193 e. The van der Waals surface area contributed by atoms with Crippen LogP contribution in [0.25, 0.3) is 0 Å². The van der Waals surface area contributed by atoms with Crippen molar-refractivity contribution in [2.24, 2.45) is 4.99 Å². The van der Waals surface area contributed by atoms with E-state index in [-0.39, 0.29) is 6.61 Å². The summed E-state index contributed by atoms with van der Waals surface area (Å²) in [5.74, 6) is 0.345. The molecule has 2 aromatic carbocycles. The van der Waals surface area contributed by atoms with Crippen LogP contribution in [0.2, 0.25) is 0 Å². The quantitative estimate of drug-likeness (QED) is 0.605. The van der Waals surface area contributed by atoms with Crippen LogP contribution in [0.3, 0.4) is 0 Å². The number of aliphatic imine (C=N–C) groups is 1. The molecule has 0 bridgehead atoms. The third kappa shape index (κ3) is 4.79. The van der Waals surface area contributed by atoms with Crippen molar-refractivity contribution in [2.45, 2.75) is 19.7 Å². The summed E-state index contributed by atoms with van der Waals surface area (Å²) < 4.78 is 14.5. The standard InChI is InChI=1S/C18H21BrFN3O/c1-21-18(23(2)11-14-5-3-4-6-16(14)19)22-10-13-7-8-17(20)15(9-13)12-24/h3-9,24H,10-12H2,1-2H3,(H,21,22). The molecule has 2 N–H and O–H groups in total. The lowest BCUT2D eigenvalue weighted by Gasteiger charge is -2.23. The normalized spacial score (nSPS) is 11.5. The summed E-state index contributed by atoms with van der Waals surface area (Å²) in [7, 11) is 3.68. The van der Waals surface area contributed by atoms with Gasteiger partial charge in [0.05, 0.1) is 6.61 Å². The Bertz CT molecular complexity index is 721. The minimum atomic E-state index is -0.392. The van der Waals surface area contributed by atoms with Gasteiger partial charge in [0.2, 0.25) is 0 Å². The van der Waals surface area contributed by atoms with Gasteiger partial charge in [0.1, 0.15) is 5.82 Å². The first-order valence-corrected chi connectivity index (χ1v) is 8.37. The van der Waals surface area contributed by atoms with Gasteiger partial charge in [0.25, 0.3) is 0 Å². The van der Waals surface area contributed by atoms with Crippen LogP contribution in [0.1, 0.15) is 16.7 Å². The average molecular weight is 394 g/mol. The SMILES string of the molecule is CN=C(NCc1ccc(F)c(CO)c1)N(C)Cc1ccccc1Br. The van der Waals surface area contributed by atoms with Crippen molar-refractivity contribution in [3.8, 4) is 0 Å². The number of aliphatic hydroxyl groups excluding tert-OH is 1. The van der Waals surface area contributed by atoms with Crippen molar-refractivity contribution >= 4 is 21.9 Å². The summed E-state index contributed by atoms with van der Waals surface area (Å²) in [6.07, 6.45) is 0. The highest BCUT2D eigenvalue weighted by molar-refractivity contribution is 9.10. The summed E-state index contributed by atoms with van der Waals surface area (Å²) >= 11 is 3.55. The Labute approximate surface area is 150 Å². The van der Waals surface area contributed by atoms with Gasteiger partial charge in [-0.15, -0.1) is 0 Å². The number of halogens is 2. The second-order valence-electron chi connectivity index (χ2n) is 5.43. The highest BCUT2D eigenvalue weighted by atomic mass is 79.9. The molecule has 2 aromatic rings. The first kappa shape index (κ1) is 18.4. The Balaban J connectivity index is 2.00. The Kier molecular flexibility index (Phi) is 6.75. The van der Waals surface area contributed by atoms with Crippen molar-refractivity contribution in [2.75, 3.05) is 14.1 Å². The molecule has 128 valence electrons. The van der Waals surface area contributed by atoms with E-state index < -0.39 is 5.82 Å².